The zero-order valence-corrected chi connectivity index (χ0v) is 17.7. The molecule has 0 N–H and O–H groups in total. The second-order valence-corrected chi connectivity index (χ2v) is 9.87. The van der Waals surface area contributed by atoms with Crippen LogP contribution in [0.4, 0.5) is 0 Å². The summed E-state index contributed by atoms with van der Waals surface area (Å²) in [5, 5.41) is 8.86. The van der Waals surface area contributed by atoms with Crippen LogP contribution in [0.5, 0.6) is 0 Å². The number of aromatic nitrogens is 1. The molecule has 1 fully saturated rings. The fourth-order valence-electron chi connectivity index (χ4n) is 3.43. The van der Waals surface area contributed by atoms with Gasteiger partial charge in [0.05, 0.1) is 26.7 Å². The maximum absolute atomic E-state index is 13.1. The Labute approximate surface area is 177 Å². The first-order valence-corrected chi connectivity index (χ1v) is 11.5. The third kappa shape index (κ3) is 3.52. The van der Waals surface area contributed by atoms with Crippen molar-refractivity contribution in [3.8, 4) is 6.07 Å². The van der Waals surface area contributed by atoms with Crippen LogP contribution in [0, 0.1) is 11.3 Å². The van der Waals surface area contributed by atoms with Crippen molar-refractivity contribution in [3.63, 3.8) is 0 Å². The third-order valence-corrected chi connectivity index (χ3v) is 8.08. The van der Waals surface area contributed by atoms with Gasteiger partial charge in [-0.25, -0.2) is 8.42 Å². The molecule has 4 rings (SSSR count). The molecule has 0 saturated carbocycles. The van der Waals surface area contributed by atoms with E-state index in [0.29, 0.717) is 21.3 Å². The zero-order valence-electron chi connectivity index (χ0n) is 16.1. The van der Waals surface area contributed by atoms with Gasteiger partial charge in [-0.2, -0.15) is 9.57 Å². The molecule has 0 atom stereocenters. The number of aryl methyl sites for hydroxylation is 1. The number of amides is 1. The van der Waals surface area contributed by atoms with E-state index in [1.54, 1.807) is 42.3 Å². The van der Waals surface area contributed by atoms with Gasteiger partial charge in [-0.1, -0.05) is 11.3 Å². The van der Waals surface area contributed by atoms with E-state index in [1.165, 1.54) is 21.0 Å². The highest BCUT2D eigenvalue weighted by Crippen LogP contribution is 2.24. The Hall–Kier alpha value is -3.00. The summed E-state index contributed by atoms with van der Waals surface area (Å²) in [5.41, 5.74) is 1.64. The predicted molar refractivity (Wildman–Crippen MR) is 113 cm³/mol. The van der Waals surface area contributed by atoms with Crippen LogP contribution in [0.15, 0.2) is 52.2 Å². The van der Waals surface area contributed by atoms with Crippen molar-refractivity contribution in [1.82, 2.24) is 13.8 Å². The van der Waals surface area contributed by atoms with Gasteiger partial charge in [0.25, 0.3) is 5.91 Å². The van der Waals surface area contributed by atoms with Gasteiger partial charge in [0.2, 0.25) is 10.0 Å². The number of benzene rings is 2. The SMILES string of the molecule is Cn1c(=O)sc2cc(S(=O)(=O)N3CCN(C(=O)c4ccc(C#N)cc4)CC3)ccc21. The second kappa shape index (κ2) is 7.68. The van der Waals surface area contributed by atoms with Crippen LogP contribution in [-0.4, -0.2) is 54.3 Å². The van der Waals surface area contributed by atoms with Gasteiger partial charge in [0.15, 0.2) is 0 Å². The minimum atomic E-state index is -3.73. The van der Waals surface area contributed by atoms with Crippen molar-refractivity contribution < 1.29 is 13.2 Å². The maximum atomic E-state index is 13.1. The topological polar surface area (TPSA) is 103 Å². The Bertz CT molecular complexity index is 1330. The van der Waals surface area contributed by atoms with E-state index in [4.69, 9.17) is 5.26 Å². The molecule has 1 amide bonds. The first-order valence-electron chi connectivity index (χ1n) is 9.20. The number of nitrogens with zero attached hydrogens (tertiary/aromatic N) is 4. The molecule has 0 aliphatic carbocycles. The molecule has 2 heterocycles. The number of thiazole rings is 1. The molecular formula is C20H18N4O4S2. The number of nitriles is 1. The molecule has 1 saturated heterocycles. The summed E-state index contributed by atoms with van der Waals surface area (Å²) >= 11 is 1.01. The molecule has 0 bridgehead atoms. The van der Waals surface area contributed by atoms with Crippen LogP contribution in [0.1, 0.15) is 15.9 Å². The van der Waals surface area contributed by atoms with Crippen molar-refractivity contribution in [1.29, 1.82) is 5.26 Å². The van der Waals surface area contributed by atoms with Crippen LogP contribution >= 0.6 is 11.3 Å². The summed E-state index contributed by atoms with van der Waals surface area (Å²) in [4.78, 5) is 26.1. The number of hydrogen-bond donors (Lipinski definition) is 0. The molecular weight excluding hydrogens is 424 g/mol. The third-order valence-electron chi connectivity index (χ3n) is 5.19. The van der Waals surface area contributed by atoms with E-state index in [9.17, 15) is 18.0 Å². The summed E-state index contributed by atoms with van der Waals surface area (Å²) in [6.07, 6.45) is 0. The van der Waals surface area contributed by atoms with Gasteiger partial charge in [-0.05, 0) is 42.5 Å². The number of hydrogen-bond acceptors (Lipinski definition) is 6. The van der Waals surface area contributed by atoms with E-state index < -0.39 is 10.0 Å². The Balaban J connectivity index is 1.49. The molecule has 30 heavy (non-hydrogen) atoms. The molecule has 10 heteroatoms. The molecule has 0 radical (unpaired) electrons. The Morgan fingerprint density at radius 2 is 1.73 bits per heavy atom. The number of fused-ring (bicyclic) bond motifs is 1. The summed E-state index contributed by atoms with van der Waals surface area (Å²) in [7, 11) is -2.07. The minimum Gasteiger partial charge on any atom is -0.336 e. The largest absolute Gasteiger partial charge is 0.336 e. The Kier molecular flexibility index (Phi) is 5.19. The van der Waals surface area contributed by atoms with E-state index >= 15 is 0 Å². The summed E-state index contributed by atoms with van der Waals surface area (Å²) in [5.74, 6) is -0.188. The first kappa shape index (κ1) is 20.3. The lowest BCUT2D eigenvalue weighted by molar-refractivity contribution is 0.0698. The summed E-state index contributed by atoms with van der Waals surface area (Å²) in [6.45, 7) is 0.929. The number of piperazine rings is 1. The van der Waals surface area contributed by atoms with E-state index in [2.05, 4.69) is 0 Å². The molecule has 3 aromatic rings. The van der Waals surface area contributed by atoms with Gasteiger partial charge in [-0.15, -0.1) is 0 Å². The summed E-state index contributed by atoms with van der Waals surface area (Å²) < 4.78 is 29.6. The highest BCUT2D eigenvalue weighted by Gasteiger charge is 2.30. The lowest BCUT2D eigenvalue weighted by Gasteiger charge is -2.34. The monoisotopic (exact) mass is 442 g/mol. The van der Waals surface area contributed by atoms with Crippen molar-refractivity contribution in [2.45, 2.75) is 4.90 Å². The first-order chi connectivity index (χ1) is 14.3. The van der Waals surface area contributed by atoms with Crippen LogP contribution in [-0.2, 0) is 17.1 Å². The molecule has 1 aliphatic rings. The average Bonchev–Trinajstić information content (AvgIpc) is 3.06. The van der Waals surface area contributed by atoms with Crippen molar-refractivity contribution in [2.75, 3.05) is 26.2 Å². The van der Waals surface area contributed by atoms with Crippen LogP contribution in [0.2, 0.25) is 0 Å². The van der Waals surface area contributed by atoms with Gasteiger partial charge < -0.3 is 9.47 Å². The Morgan fingerprint density at radius 1 is 1.07 bits per heavy atom. The van der Waals surface area contributed by atoms with Crippen molar-refractivity contribution >= 4 is 37.5 Å². The van der Waals surface area contributed by atoms with Crippen LogP contribution < -0.4 is 4.87 Å². The zero-order chi connectivity index (χ0) is 21.5. The van der Waals surface area contributed by atoms with Crippen LogP contribution in [0.25, 0.3) is 10.2 Å². The van der Waals surface area contributed by atoms with Gasteiger partial charge in [0, 0.05) is 38.8 Å². The van der Waals surface area contributed by atoms with E-state index in [-0.39, 0.29) is 41.9 Å². The van der Waals surface area contributed by atoms with E-state index in [0.717, 1.165) is 11.3 Å². The molecule has 8 nitrogen and oxygen atoms in total. The molecule has 0 spiro atoms. The molecule has 1 aliphatic heterocycles. The lowest BCUT2D eigenvalue weighted by atomic mass is 10.1. The highest BCUT2D eigenvalue weighted by atomic mass is 32.2. The fourth-order valence-corrected chi connectivity index (χ4v) is 5.87. The number of carbonyl (C=O) groups is 1. The standard InChI is InChI=1S/C20H18N4O4S2/c1-22-17-7-6-16(12-18(17)29-20(22)26)30(27,28)24-10-8-23(9-11-24)19(25)15-4-2-14(13-21)3-5-15/h2-7,12H,8-11H2,1H3. The molecule has 2 aromatic carbocycles. The molecule has 154 valence electrons. The quantitative estimate of drug-likeness (QED) is 0.613. The van der Waals surface area contributed by atoms with Crippen molar-refractivity contribution in [2.24, 2.45) is 7.05 Å². The number of sulfonamides is 1. The minimum absolute atomic E-state index is 0.142. The normalized spacial score (nSPS) is 15.3. The second-order valence-electron chi connectivity index (χ2n) is 6.94. The Morgan fingerprint density at radius 3 is 2.37 bits per heavy atom. The summed E-state index contributed by atoms with van der Waals surface area (Å²) in [6, 6.07) is 13.1. The number of carbonyl (C=O) groups excluding carboxylic acids is 1. The molecule has 0 unspecified atom stereocenters. The number of rotatable bonds is 3. The fraction of sp³-hybridized carbons (Fsp3) is 0.250. The van der Waals surface area contributed by atoms with Crippen molar-refractivity contribution in [3.05, 3.63) is 63.3 Å². The van der Waals surface area contributed by atoms with Gasteiger partial charge >= 0.3 is 4.87 Å². The smallest absolute Gasteiger partial charge is 0.307 e. The highest BCUT2D eigenvalue weighted by molar-refractivity contribution is 7.89. The predicted octanol–water partition coefficient (Wildman–Crippen LogP) is 1.62. The maximum Gasteiger partial charge on any atom is 0.307 e. The average molecular weight is 443 g/mol. The van der Waals surface area contributed by atoms with Gasteiger partial charge in [-0.3, -0.25) is 9.59 Å². The van der Waals surface area contributed by atoms with Crippen LogP contribution in [0.3, 0.4) is 0 Å². The van der Waals surface area contributed by atoms with Gasteiger partial charge in [0.1, 0.15) is 0 Å². The van der Waals surface area contributed by atoms with E-state index in [1.807, 2.05) is 6.07 Å². The lowest BCUT2D eigenvalue weighted by Crippen LogP contribution is -2.50. The molecule has 1 aromatic heterocycles.